The molecule has 1 aromatic heterocycles. The van der Waals surface area contributed by atoms with Crippen LogP contribution in [-0.2, 0) is 6.18 Å². The minimum atomic E-state index is -4.79. The minimum Gasteiger partial charge on any atom is -0.506 e. The molecule has 0 radical (unpaired) electrons. The fraction of sp³-hybridized carbons (Fsp3) is 0.238. The maximum absolute atomic E-state index is 13.9. The average Bonchev–Trinajstić information content (AvgIpc) is 3.20. The van der Waals surface area contributed by atoms with Crippen LogP contribution in [0.5, 0.6) is 5.75 Å². The summed E-state index contributed by atoms with van der Waals surface area (Å²) in [6.45, 7) is 1.19. The number of phenols is 1. The molecule has 0 aliphatic carbocycles. The standard InChI is InChI=1S/C21H18ClF3N4O2/c22-14-4-3-5-15(12-14)29-19(21(23,24)25)16(13-26-29)20(31)28-10-8-27(9-11-28)17-6-1-2-7-18(17)30/h1-7,12-13,30H,8-11H2. The molecule has 4 rings (SSSR count). The van der Waals surface area contributed by atoms with E-state index in [9.17, 15) is 23.1 Å². The molecule has 0 bridgehead atoms. The molecule has 0 spiro atoms. The number of anilines is 1. The van der Waals surface area contributed by atoms with E-state index in [1.165, 1.54) is 29.2 Å². The molecule has 0 unspecified atom stereocenters. The van der Waals surface area contributed by atoms with Crippen LogP contribution in [0, 0.1) is 0 Å². The van der Waals surface area contributed by atoms with Crippen LogP contribution in [0.4, 0.5) is 18.9 Å². The van der Waals surface area contributed by atoms with Crippen LogP contribution in [0.2, 0.25) is 5.02 Å². The van der Waals surface area contributed by atoms with Gasteiger partial charge in [0.25, 0.3) is 5.91 Å². The van der Waals surface area contributed by atoms with Gasteiger partial charge in [-0.25, -0.2) is 4.68 Å². The monoisotopic (exact) mass is 450 g/mol. The Kier molecular flexibility index (Phi) is 5.53. The number of aromatic nitrogens is 2. The van der Waals surface area contributed by atoms with Crippen LogP contribution in [0.1, 0.15) is 16.1 Å². The van der Waals surface area contributed by atoms with Gasteiger partial charge in [-0.2, -0.15) is 18.3 Å². The van der Waals surface area contributed by atoms with Gasteiger partial charge in [0.05, 0.1) is 23.1 Å². The molecular weight excluding hydrogens is 433 g/mol. The Hall–Kier alpha value is -3.20. The van der Waals surface area contributed by atoms with E-state index in [-0.39, 0.29) is 29.5 Å². The zero-order valence-corrected chi connectivity index (χ0v) is 16.9. The average molecular weight is 451 g/mol. The van der Waals surface area contributed by atoms with Crippen molar-refractivity contribution in [3.63, 3.8) is 0 Å². The van der Waals surface area contributed by atoms with Crippen molar-refractivity contribution in [3.8, 4) is 11.4 Å². The zero-order chi connectivity index (χ0) is 22.2. The topological polar surface area (TPSA) is 61.6 Å². The van der Waals surface area contributed by atoms with E-state index in [1.54, 1.807) is 24.3 Å². The van der Waals surface area contributed by atoms with E-state index in [0.29, 0.717) is 23.5 Å². The molecule has 2 heterocycles. The number of piperazine rings is 1. The number of phenolic OH excluding ortho intramolecular Hbond substituents is 1. The fourth-order valence-electron chi connectivity index (χ4n) is 3.63. The van der Waals surface area contributed by atoms with Crippen molar-refractivity contribution in [1.82, 2.24) is 14.7 Å². The first-order valence-corrected chi connectivity index (χ1v) is 9.87. The predicted octanol–water partition coefficient (Wildman–Crippen LogP) is 4.21. The third-order valence-corrected chi connectivity index (χ3v) is 5.35. The molecule has 3 aromatic rings. The molecule has 1 N–H and O–H groups in total. The summed E-state index contributed by atoms with van der Waals surface area (Å²) in [5.41, 5.74) is -0.908. The van der Waals surface area contributed by atoms with Crippen molar-refractivity contribution in [3.05, 3.63) is 71.0 Å². The zero-order valence-electron chi connectivity index (χ0n) is 16.2. The molecule has 0 saturated carbocycles. The van der Waals surface area contributed by atoms with Crippen LogP contribution in [0.3, 0.4) is 0 Å². The van der Waals surface area contributed by atoms with Crippen LogP contribution >= 0.6 is 11.6 Å². The molecular formula is C21H18ClF3N4O2. The number of carbonyl (C=O) groups is 1. The molecule has 1 fully saturated rings. The fourth-order valence-corrected chi connectivity index (χ4v) is 3.82. The first-order valence-electron chi connectivity index (χ1n) is 9.49. The molecule has 10 heteroatoms. The van der Waals surface area contributed by atoms with Gasteiger partial charge in [-0.15, -0.1) is 0 Å². The summed E-state index contributed by atoms with van der Waals surface area (Å²) in [4.78, 5) is 16.2. The third-order valence-electron chi connectivity index (χ3n) is 5.11. The highest BCUT2D eigenvalue weighted by atomic mass is 35.5. The molecule has 1 saturated heterocycles. The number of nitrogens with zero attached hydrogens (tertiary/aromatic N) is 4. The second-order valence-corrected chi connectivity index (χ2v) is 7.50. The summed E-state index contributed by atoms with van der Waals surface area (Å²) in [6.07, 6.45) is -3.84. The highest BCUT2D eigenvalue weighted by molar-refractivity contribution is 6.30. The van der Waals surface area contributed by atoms with Gasteiger partial charge in [0.15, 0.2) is 5.69 Å². The van der Waals surface area contributed by atoms with Crippen molar-refractivity contribution in [2.45, 2.75) is 6.18 Å². The number of para-hydroxylation sites is 2. The van der Waals surface area contributed by atoms with Gasteiger partial charge in [0.2, 0.25) is 0 Å². The Morgan fingerprint density at radius 2 is 1.74 bits per heavy atom. The van der Waals surface area contributed by atoms with Crippen LogP contribution < -0.4 is 4.90 Å². The molecule has 162 valence electrons. The predicted molar refractivity (Wildman–Crippen MR) is 110 cm³/mol. The van der Waals surface area contributed by atoms with Crippen molar-refractivity contribution in [2.75, 3.05) is 31.1 Å². The van der Waals surface area contributed by atoms with Gasteiger partial charge in [0, 0.05) is 31.2 Å². The van der Waals surface area contributed by atoms with E-state index in [4.69, 9.17) is 11.6 Å². The Morgan fingerprint density at radius 1 is 1.03 bits per heavy atom. The van der Waals surface area contributed by atoms with Crippen LogP contribution in [0.25, 0.3) is 5.69 Å². The van der Waals surface area contributed by atoms with E-state index in [0.717, 1.165) is 6.20 Å². The number of alkyl halides is 3. The number of amides is 1. The lowest BCUT2D eigenvalue weighted by molar-refractivity contribution is -0.143. The van der Waals surface area contributed by atoms with E-state index in [1.807, 2.05) is 4.90 Å². The van der Waals surface area contributed by atoms with Crippen molar-refractivity contribution in [2.24, 2.45) is 0 Å². The number of halogens is 4. The number of hydrogen-bond acceptors (Lipinski definition) is 4. The Balaban J connectivity index is 1.59. The van der Waals surface area contributed by atoms with E-state index < -0.39 is 23.3 Å². The molecule has 2 aromatic carbocycles. The second kappa shape index (κ2) is 8.14. The van der Waals surface area contributed by atoms with Crippen molar-refractivity contribution >= 4 is 23.2 Å². The normalized spacial score (nSPS) is 14.7. The lowest BCUT2D eigenvalue weighted by Crippen LogP contribution is -2.49. The van der Waals surface area contributed by atoms with Gasteiger partial charge in [0.1, 0.15) is 5.75 Å². The molecule has 1 aliphatic heterocycles. The summed E-state index contributed by atoms with van der Waals surface area (Å²) < 4.78 is 42.3. The van der Waals surface area contributed by atoms with Crippen LogP contribution in [0.15, 0.2) is 54.7 Å². The highest BCUT2D eigenvalue weighted by Gasteiger charge is 2.41. The summed E-state index contributed by atoms with van der Waals surface area (Å²) in [7, 11) is 0. The molecule has 1 aliphatic rings. The molecule has 1 amide bonds. The first-order chi connectivity index (χ1) is 14.8. The number of aromatic hydroxyl groups is 1. The van der Waals surface area contributed by atoms with Crippen molar-refractivity contribution in [1.29, 1.82) is 0 Å². The van der Waals surface area contributed by atoms with Gasteiger partial charge in [-0.1, -0.05) is 29.8 Å². The lowest BCUT2D eigenvalue weighted by atomic mass is 10.1. The maximum Gasteiger partial charge on any atom is 0.434 e. The van der Waals surface area contributed by atoms with E-state index in [2.05, 4.69) is 5.10 Å². The molecule has 6 nitrogen and oxygen atoms in total. The summed E-state index contributed by atoms with van der Waals surface area (Å²) in [5.74, 6) is -0.623. The van der Waals surface area contributed by atoms with Crippen molar-refractivity contribution < 1.29 is 23.1 Å². The van der Waals surface area contributed by atoms with Gasteiger partial charge < -0.3 is 14.9 Å². The second-order valence-electron chi connectivity index (χ2n) is 7.06. The number of carbonyl (C=O) groups excluding carboxylic acids is 1. The highest BCUT2D eigenvalue weighted by Crippen LogP contribution is 2.35. The number of rotatable bonds is 3. The Bertz CT molecular complexity index is 1110. The molecule has 31 heavy (non-hydrogen) atoms. The van der Waals surface area contributed by atoms with Crippen LogP contribution in [-0.4, -0.2) is 51.9 Å². The SMILES string of the molecule is O=C(c1cnn(-c2cccc(Cl)c2)c1C(F)(F)F)N1CCN(c2ccccc2O)CC1. The minimum absolute atomic E-state index is 0.114. The lowest BCUT2D eigenvalue weighted by Gasteiger charge is -2.36. The maximum atomic E-state index is 13.9. The quantitative estimate of drug-likeness (QED) is 0.649. The Labute approximate surface area is 181 Å². The van der Waals surface area contributed by atoms with E-state index >= 15 is 0 Å². The summed E-state index contributed by atoms with van der Waals surface area (Å²) in [6, 6.07) is 12.6. The third kappa shape index (κ3) is 4.18. The first kappa shape index (κ1) is 21.0. The molecule has 0 atom stereocenters. The summed E-state index contributed by atoms with van der Waals surface area (Å²) in [5, 5.41) is 14.1. The smallest absolute Gasteiger partial charge is 0.434 e. The van der Waals surface area contributed by atoms with Gasteiger partial charge >= 0.3 is 6.18 Å². The number of benzene rings is 2. The van der Waals surface area contributed by atoms with Gasteiger partial charge in [-0.05, 0) is 30.3 Å². The van der Waals surface area contributed by atoms with Gasteiger partial charge in [-0.3, -0.25) is 4.79 Å². The Morgan fingerprint density at radius 3 is 2.39 bits per heavy atom. The number of hydrogen-bond donors (Lipinski definition) is 1. The largest absolute Gasteiger partial charge is 0.506 e. The summed E-state index contributed by atoms with van der Waals surface area (Å²) >= 11 is 5.91.